The van der Waals surface area contributed by atoms with Crippen molar-refractivity contribution in [2.24, 2.45) is 5.41 Å². The molecule has 120 valence electrons. The summed E-state index contributed by atoms with van der Waals surface area (Å²) in [5.74, 6) is -0.899. The predicted molar refractivity (Wildman–Crippen MR) is 76.0 cm³/mol. The van der Waals surface area contributed by atoms with Gasteiger partial charge in [0.2, 0.25) is 5.91 Å². The van der Waals surface area contributed by atoms with Gasteiger partial charge in [-0.3, -0.25) is 9.59 Å². The number of hydrogen-bond acceptors (Lipinski definition) is 4. The molecule has 1 atom stereocenters. The third-order valence-corrected chi connectivity index (χ3v) is 4.83. The van der Waals surface area contributed by atoms with Crippen LogP contribution in [-0.4, -0.2) is 49.5 Å². The van der Waals surface area contributed by atoms with Crippen LogP contribution in [0.25, 0.3) is 0 Å². The lowest BCUT2D eigenvalue weighted by Gasteiger charge is -2.29. The van der Waals surface area contributed by atoms with Gasteiger partial charge in [0.1, 0.15) is 5.60 Å². The molecule has 0 spiro atoms. The molecule has 2 aliphatic rings. The summed E-state index contributed by atoms with van der Waals surface area (Å²) in [4.78, 5) is 23.2. The SMILES string of the molecule is COC1(CNC(=O)CC2(CC(=O)O)CCCC2)CCOC1. The lowest BCUT2D eigenvalue weighted by atomic mass is 9.79. The Morgan fingerprint density at radius 3 is 2.48 bits per heavy atom. The zero-order valence-electron chi connectivity index (χ0n) is 12.7. The first-order valence-corrected chi connectivity index (χ1v) is 7.61. The first-order valence-electron chi connectivity index (χ1n) is 7.61. The van der Waals surface area contributed by atoms with Crippen LogP contribution in [0.2, 0.25) is 0 Å². The predicted octanol–water partition coefficient (Wildman–Crippen LogP) is 1.33. The highest BCUT2D eigenvalue weighted by atomic mass is 16.5. The molecular weight excluding hydrogens is 274 g/mol. The molecule has 0 aromatic rings. The first kappa shape index (κ1) is 16.2. The molecule has 1 aliphatic carbocycles. The monoisotopic (exact) mass is 299 g/mol. The second-order valence-corrected chi connectivity index (χ2v) is 6.42. The number of ether oxygens (including phenoxy) is 2. The molecule has 6 nitrogen and oxygen atoms in total. The number of hydrogen-bond donors (Lipinski definition) is 2. The molecule has 1 amide bonds. The number of carbonyl (C=O) groups excluding carboxylic acids is 1. The fourth-order valence-electron chi connectivity index (χ4n) is 3.49. The summed E-state index contributed by atoms with van der Waals surface area (Å²) in [5.41, 5.74) is -0.784. The maximum atomic E-state index is 12.2. The Bertz CT molecular complexity index is 384. The molecule has 0 radical (unpaired) electrons. The first-order chi connectivity index (χ1) is 9.99. The Hall–Kier alpha value is -1.14. The summed E-state index contributed by atoms with van der Waals surface area (Å²) in [6, 6.07) is 0. The van der Waals surface area contributed by atoms with Crippen molar-refractivity contribution in [2.75, 3.05) is 26.9 Å². The second kappa shape index (κ2) is 6.75. The molecule has 1 saturated heterocycles. The van der Waals surface area contributed by atoms with Gasteiger partial charge in [0, 0.05) is 33.1 Å². The molecule has 0 aromatic carbocycles. The van der Waals surface area contributed by atoms with Crippen molar-refractivity contribution in [3.05, 3.63) is 0 Å². The van der Waals surface area contributed by atoms with Gasteiger partial charge in [0.05, 0.1) is 13.0 Å². The number of rotatable bonds is 7. The molecule has 0 bridgehead atoms. The second-order valence-electron chi connectivity index (χ2n) is 6.42. The number of carbonyl (C=O) groups is 2. The van der Waals surface area contributed by atoms with E-state index < -0.39 is 11.6 Å². The number of carboxylic acid groups (broad SMARTS) is 1. The Morgan fingerprint density at radius 1 is 1.24 bits per heavy atom. The summed E-state index contributed by atoms with van der Waals surface area (Å²) in [6.45, 7) is 1.56. The molecule has 6 heteroatoms. The van der Waals surface area contributed by atoms with E-state index in [1.807, 2.05) is 0 Å². The van der Waals surface area contributed by atoms with E-state index >= 15 is 0 Å². The molecular formula is C15H25NO5. The van der Waals surface area contributed by atoms with Gasteiger partial charge in [-0.05, 0) is 18.3 Å². The van der Waals surface area contributed by atoms with Gasteiger partial charge < -0.3 is 19.9 Å². The summed E-state index contributed by atoms with van der Waals surface area (Å²) >= 11 is 0. The Labute approximate surface area is 125 Å². The summed E-state index contributed by atoms with van der Waals surface area (Å²) < 4.78 is 10.8. The van der Waals surface area contributed by atoms with E-state index in [4.69, 9.17) is 14.6 Å². The van der Waals surface area contributed by atoms with Crippen LogP contribution in [0, 0.1) is 5.41 Å². The normalized spacial score (nSPS) is 27.7. The van der Waals surface area contributed by atoms with Gasteiger partial charge >= 0.3 is 5.97 Å². The number of methoxy groups -OCH3 is 1. The van der Waals surface area contributed by atoms with Crippen LogP contribution in [-0.2, 0) is 19.1 Å². The molecule has 21 heavy (non-hydrogen) atoms. The average Bonchev–Trinajstić information content (AvgIpc) is 3.06. The third-order valence-electron chi connectivity index (χ3n) is 4.83. The van der Waals surface area contributed by atoms with Crippen molar-refractivity contribution >= 4 is 11.9 Å². The maximum absolute atomic E-state index is 12.2. The van der Waals surface area contributed by atoms with Crippen molar-refractivity contribution in [1.29, 1.82) is 0 Å². The number of amides is 1. The summed E-state index contributed by atoms with van der Waals surface area (Å²) in [7, 11) is 1.63. The minimum absolute atomic E-state index is 0.0820. The van der Waals surface area contributed by atoms with Gasteiger partial charge in [-0.25, -0.2) is 0 Å². The highest BCUT2D eigenvalue weighted by Crippen LogP contribution is 2.44. The quantitative estimate of drug-likeness (QED) is 0.741. The summed E-state index contributed by atoms with van der Waals surface area (Å²) in [5, 5.41) is 12.0. The fourth-order valence-corrected chi connectivity index (χ4v) is 3.49. The van der Waals surface area contributed by atoms with E-state index in [1.54, 1.807) is 7.11 Å². The molecule has 2 N–H and O–H groups in total. The van der Waals surface area contributed by atoms with Crippen molar-refractivity contribution in [2.45, 2.75) is 50.5 Å². The molecule has 0 aromatic heterocycles. The number of aliphatic carboxylic acids is 1. The van der Waals surface area contributed by atoms with Crippen molar-refractivity contribution in [1.82, 2.24) is 5.32 Å². The van der Waals surface area contributed by atoms with Gasteiger partial charge in [-0.2, -0.15) is 0 Å². The van der Waals surface area contributed by atoms with Crippen molar-refractivity contribution < 1.29 is 24.2 Å². The van der Waals surface area contributed by atoms with Crippen molar-refractivity contribution in [3.63, 3.8) is 0 Å². The molecule has 1 heterocycles. The lowest BCUT2D eigenvalue weighted by molar-refractivity contribution is -0.140. The standard InChI is InChI=1S/C15H25NO5/c1-20-15(6-7-21-11-15)10-16-12(17)8-14(9-13(18)19)4-2-3-5-14/h2-11H2,1H3,(H,16,17)(H,18,19). The molecule has 2 rings (SSSR count). The minimum atomic E-state index is -0.817. The summed E-state index contributed by atoms with van der Waals surface area (Å²) in [6.07, 6.45) is 4.81. The van der Waals surface area contributed by atoms with Crippen LogP contribution >= 0.6 is 0 Å². The van der Waals surface area contributed by atoms with E-state index in [1.165, 1.54) is 0 Å². The van der Waals surface area contributed by atoms with Gasteiger partial charge in [0.25, 0.3) is 0 Å². The van der Waals surface area contributed by atoms with Gasteiger partial charge in [0.15, 0.2) is 0 Å². The zero-order chi connectivity index (χ0) is 15.3. The van der Waals surface area contributed by atoms with Gasteiger partial charge in [-0.1, -0.05) is 12.8 Å². The van der Waals surface area contributed by atoms with Crippen LogP contribution < -0.4 is 5.32 Å². The van der Waals surface area contributed by atoms with Crippen molar-refractivity contribution in [3.8, 4) is 0 Å². The van der Waals surface area contributed by atoms with E-state index in [0.717, 1.165) is 32.1 Å². The van der Waals surface area contributed by atoms with Crippen LogP contribution in [0.4, 0.5) is 0 Å². The zero-order valence-corrected chi connectivity index (χ0v) is 12.7. The van der Waals surface area contributed by atoms with E-state index in [-0.39, 0.29) is 17.7 Å². The number of carboxylic acids is 1. The lowest BCUT2D eigenvalue weighted by Crippen LogP contribution is -2.46. The molecule has 1 aliphatic heterocycles. The third kappa shape index (κ3) is 4.17. The highest BCUT2D eigenvalue weighted by molar-refractivity contribution is 5.78. The van der Waals surface area contributed by atoms with Crippen LogP contribution in [0.5, 0.6) is 0 Å². The van der Waals surface area contributed by atoms with Crippen LogP contribution in [0.1, 0.15) is 44.9 Å². The molecule has 1 unspecified atom stereocenters. The highest BCUT2D eigenvalue weighted by Gasteiger charge is 2.39. The van der Waals surface area contributed by atoms with E-state index in [2.05, 4.69) is 5.32 Å². The average molecular weight is 299 g/mol. The minimum Gasteiger partial charge on any atom is -0.481 e. The smallest absolute Gasteiger partial charge is 0.303 e. The Balaban J connectivity index is 1.86. The number of nitrogens with one attached hydrogen (secondary N) is 1. The van der Waals surface area contributed by atoms with Crippen LogP contribution in [0.15, 0.2) is 0 Å². The van der Waals surface area contributed by atoms with Crippen LogP contribution in [0.3, 0.4) is 0 Å². The maximum Gasteiger partial charge on any atom is 0.303 e. The molecule has 2 fully saturated rings. The van der Waals surface area contributed by atoms with E-state index in [0.29, 0.717) is 26.2 Å². The Kier molecular flexibility index (Phi) is 5.22. The molecule has 1 saturated carbocycles. The van der Waals surface area contributed by atoms with Gasteiger partial charge in [-0.15, -0.1) is 0 Å². The Morgan fingerprint density at radius 2 is 1.95 bits per heavy atom. The topological polar surface area (TPSA) is 84.9 Å². The fraction of sp³-hybridized carbons (Fsp3) is 0.867. The largest absolute Gasteiger partial charge is 0.481 e. The van der Waals surface area contributed by atoms with E-state index in [9.17, 15) is 9.59 Å².